The molecule has 7 nitrogen and oxygen atoms in total. The minimum atomic E-state index is -4.07. The van der Waals surface area contributed by atoms with Crippen LogP contribution in [0.3, 0.4) is 0 Å². The van der Waals surface area contributed by atoms with Gasteiger partial charge >= 0.3 is 5.97 Å². The summed E-state index contributed by atoms with van der Waals surface area (Å²) in [6.45, 7) is 0. The second-order valence-corrected chi connectivity index (χ2v) is 9.93. The zero-order chi connectivity index (χ0) is 22.3. The average Bonchev–Trinajstić information content (AvgIpc) is 3.37. The number of carboxylic acids is 1. The third kappa shape index (κ3) is 3.69. The summed E-state index contributed by atoms with van der Waals surface area (Å²) in [6.07, 6.45) is 5.95. The summed E-state index contributed by atoms with van der Waals surface area (Å²) in [5.74, 6) is -0.363. The molecule has 0 spiro atoms. The van der Waals surface area contributed by atoms with Crippen LogP contribution in [0.5, 0.6) is 0 Å². The first-order chi connectivity index (χ1) is 15.4. The molecule has 3 N–H and O–H groups in total. The van der Waals surface area contributed by atoms with Gasteiger partial charge in [0.15, 0.2) is 0 Å². The fourth-order valence-corrected chi connectivity index (χ4v) is 6.10. The Morgan fingerprint density at radius 1 is 1.12 bits per heavy atom. The number of furan rings is 1. The fourth-order valence-electron chi connectivity index (χ4n) is 4.63. The number of nitrogens with one attached hydrogen (secondary N) is 2. The monoisotopic (exact) mass is 452 g/mol. The third-order valence-electron chi connectivity index (χ3n) is 6.20. The summed E-state index contributed by atoms with van der Waals surface area (Å²) < 4.78 is 34.9. The number of aryl methyl sites for hydroxylation is 3. The van der Waals surface area contributed by atoms with Gasteiger partial charge in [0, 0.05) is 34.5 Å². The number of hydrogen-bond donors (Lipinski definition) is 3. The molecule has 2 heterocycles. The van der Waals surface area contributed by atoms with Gasteiger partial charge in [0.25, 0.3) is 0 Å². The molecular weight excluding hydrogens is 428 g/mol. The predicted octanol–water partition coefficient (Wildman–Crippen LogP) is 4.16. The molecule has 5 rings (SSSR count). The van der Waals surface area contributed by atoms with Crippen molar-refractivity contribution in [2.45, 2.75) is 49.5 Å². The Bertz CT molecular complexity index is 1420. The van der Waals surface area contributed by atoms with Gasteiger partial charge in [0.1, 0.15) is 17.4 Å². The van der Waals surface area contributed by atoms with Crippen LogP contribution >= 0.6 is 0 Å². The van der Waals surface area contributed by atoms with Crippen molar-refractivity contribution in [2.75, 3.05) is 0 Å². The molecular formula is C24H24N2O5S. The topological polar surface area (TPSA) is 112 Å². The Labute approximate surface area is 185 Å². The summed E-state index contributed by atoms with van der Waals surface area (Å²) in [5, 5.41) is 11.3. The molecule has 2 aromatic carbocycles. The van der Waals surface area contributed by atoms with Gasteiger partial charge in [-0.25, -0.2) is 8.42 Å². The molecule has 8 heteroatoms. The maximum absolute atomic E-state index is 13.3. The van der Waals surface area contributed by atoms with Crippen LogP contribution in [0.15, 0.2) is 58.0 Å². The number of para-hydroxylation sites is 1. The highest BCUT2D eigenvalue weighted by Gasteiger charge is 2.29. The smallest absolute Gasteiger partial charge is 0.321 e. The Morgan fingerprint density at radius 2 is 1.94 bits per heavy atom. The van der Waals surface area contributed by atoms with Gasteiger partial charge in [-0.1, -0.05) is 24.3 Å². The standard InChI is InChI=1S/C24H24N2O5S/c27-24(28)19(13-12-15-14-25-18-8-3-1-6-16(15)18)26-32(29,30)22-11-5-10-21-23(22)17-7-2-4-9-20(17)31-21/h1,3,5-6,8,10-11,14,19,25-26H,2,4,7,9,12-13H2,(H,27,28)/t19-/m1/s1. The molecule has 1 aliphatic carbocycles. The number of carbonyl (C=O) groups is 1. The number of aliphatic carboxylic acids is 1. The Kier molecular flexibility index (Phi) is 5.27. The van der Waals surface area contributed by atoms with Crippen molar-refractivity contribution in [2.24, 2.45) is 0 Å². The van der Waals surface area contributed by atoms with Gasteiger partial charge in [-0.2, -0.15) is 4.72 Å². The lowest BCUT2D eigenvalue weighted by molar-refractivity contribution is -0.139. The van der Waals surface area contributed by atoms with Crippen molar-refractivity contribution in [1.82, 2.24) is 9.71 Å². The Morgan fingerprint density at radius 3 is 2.78 bits per heavy atom. The van der Waals surface area contributed by atoms with Crippen LogP contribution in [0.2, 0.25) is 0 Å². The summed E-state index contributed by atoms with van der Waals surface area (Å²) in [4.78, 5) is 15.2. The fraction of sp³-hybridized carbons (Fsp3) is 0.292. The molecule has 0 fully saturated rings. The third-order valence-corrected chi connectivity index (χ3v) is 7.72. The van der Waals surface area contributed by atoms with Crippen LogP contribution in [-0.4, -0.2) is 30.5 Å². The van der Waals surface area contributed by atoms with Gasteiger partial charge in [-0.15, -0.1) is 0 Å². The molecule has 0 radical (unpaired) electrons. The maximum Gasteiger partial charge on any atom is 0.321 e. The van der Waals surface area contributed by atoms with Crippen molar-refractivity contribution in [1.29, 1.82) is 0 Å². The summed E-state index contributed by atoms with van der Waals surface area (Å²) in [6, 6.07) is 11.4. The first-order valence-corrected chi connectivity index (χ1v) is 12.3. The van der Waals surface area contributed by atoms with E-state index < -0.39 is 22.0 Å². The van der Waals surface area contributed by atoms with Gasteiger partial charge in [-0.3, -0.25) is 4.79 Å². The summed E-state index contributed by atoms with van der Waals surface area (Å²) in [7, 11) is -4.07. The van der Waals surface area contributed by atoms with E-state index >= 15 is 0 Å². The Hall–Kier alpha value is -3.10. The van der Waals surface area contributed by atoms with Crippen molar-refractivity contribution in [3.8, 4) is 0 Å². The van der Waals surface area contributed by atoms with Crippen molar-refractivity contribution in [3.63, 3.8) is 0 Å². The number of H-pyrrole nitrogens is 1. The lowest BCUT2D eigenvalue weighted by Gasteiger charge is -2.16. The van der Waals surface area contributed by atoms with E-state index in [2.05, 4.69) is 9.71 Å². The Balaban J connectivity index is 1.43. The van der Waals surface area contributed by atoms with E-state index in [9.17, 15) is 18.3 Å². The van der Waals surface area contributed by atoms with Crippen molar-refractivity contribution < 1.29 is 22.7 Å². The molecule has 0 saturated heterocycles. The van der Waals surface area contributed by atoms with Gasteiger partial charge < -0.3 is 14.5 Å². The molecule has 0 bridgehead atoms. The lowest BCUT2D eigenvalue weighted by atomic mass is 9.96. The second-order valence-electron chi connectivity index (χ2n) is 8.25. The van der Waals surface area contributed by atoms with Gasteiger partial charge in [0.2, 0.25) is 10.0 Å². The number of sulfonamides is 1. The number of benzene rings is 2. The van der Waals surface area contributed by atoms with Crippen LogP contribution < -0.4 is 4.72 Å². The second kappa shape index (κ2) is 8.11. The molecule has 2 aromatic heterocycles. The van der Waals surface area contributed by atoms with Crippen LogP contribution in [-0.2, 0) is 34.1 Å². The van der Waals surface area contributed by atoms with E-state index in [4.69, 9.17) is 4.42 Å². The minimum absolute atomic E-state index is 0.0836. The van der Waals surface area contributed by atoms with Crippen LogP contribution in [0.4, 0.5) is 0 Å². The van der Waals surface area contributed by atoms with E-state index in [1.54, 1.807) is 12.1 Å². The predicted molar refractivity (Wildman–Crippen MR) is 121 cm³/mol. The van der Waals surface area contributed by atoms with Crippen LogP contribution in [0, 0.1) is 0 Å². The highest BCUT2D eigenvalue weighted by Crippen LogP contribution is 2.35. The highest BCUT2D eigenvalue weighted by molar-refractivity contribution is 7.89. The quantitative estimate of drug-likeness (QED) is 0.390. The SMILES string of the molecule is O=C(O)[C@@H](CCc1c[nH]c2ccccc12)NS(=O)(=O)c1cccc2oc3c(c12)CCCC3. The molecule has 1 aliphatic rings. The van der Waals surface area contributed by atoms with Crippen LogP contribution in [0.25, 0.3) is 21.9 Å². The zero-order valence-corrected chi connectivity index (χ0v) is 18.2. The van der Waals surface area contributed by atoms with Crippen LogP contribution in [0.1, 0.15) is 36.1 Å². The molecule has 0 saturated carbocycles. The van der Waals surface area contributed by atoms with Gasteiger partial charge in [-0.05, 0) is 55.9 Å². The molecule has 0 aliphatic heterocycles. The van der Waals surface area contributed by atoms with E-state index in [0.29, 0.717) is 17.4 Å². The highest BCUT2D eigenvalue weighted by atomic mass is 32.2. The number of aromatic amines is 1. The normalized spacial score (nSPS) is 15.1. The average molecular weight is 453 g/mol. The molecule has 1 atom stereocenters. The number of carboxylic acid groups (broad SMARTS) is 1. The largest absolute Gasteiger partial charge is 0.480 e. The van der Waals surface area contributed by atoms with Crippen molar-refractivity contribution in [3.05, 3.63) is 65.5 Å². The summed E-state index contributed by atoms with van der Waals surface area (Å²) in [5.41, 5.74) is 3.38. The van der Waals surface area contributed by atoms with Gasteiger partial charge in [0.05, 0.1) is 4.90 Å². The number of hydrogen-bond acceptors (Lipinski definition) is 4. The summed E-state index contributed by atoms with van der Waals surface area (Å²) >= 11 is 0. The molecule has 0 amide bonds. The molecule has 0 unspecified atom stereocenters. The molecule has 32 heavy (non-hydrogen) atoms. The van der Waals surface area contributed by atoms with E-state index in [0.717, 1.165) is 53.5 Å². The maximum atomic E-state index is 13.3. The zero-order valence-electron chi connectivity index (χ0n) is 17.4. The minimum Gasteiger partial charge on any atom is -0.480 e. The van der Waals surface area contributed by atoms with E-state index in [1.807, 2.05) is 30.5 Å². The molecule has 4 aromatic rings. The van der Waals surface area contributed by atoms with Crippen molar-refractivity contribution >= 4 is 37.9 Å². The first kappa shape index (κ1) is 20.8. The number of fused-ring (bicyclic) bond motifs is 4. The number of rotatable bonds is 7. The lowest BCUT2D eigenvalue weighted by Crippen LogP contribution is -2.41. The first-order valence-electron chi connectivity index (χ1n) is 10.8. The van der Waals surface area contributed by atoms with E-state index in [1.165, 1.54) is 6.07 Å². The molecule has 166 valence electrons. The van der Waals surface area contributed by atoms with E-state index in [-0.39, 0.29) is 11.3 Å². The number of aromatic nitrogens is 1.